The SMILES string of the molecule is Cc1nn(C)c(Cl)c1S(=O)(=O)Nc1ccc(F)c(S(=O)(=O)N2CCOCC2)c1. The molecule has 1 saturated heterocycles. The van der Waals surface area contributed by atoms with Gasteiger partial charge in [0.2, 0.25) is 10.0 Å². The van der Waals surface area contributed by atoms with E-state index < -0.39 is 30.8 Å². The molecule has 0 atom stereocenters. The predicted octanol–water partition coefficient (Wildman–Crippen LogP) is 1.34. The number of hydrogen-bond acceptors (Lipinski definition) is 6. The molecule has 9 nitrogen and oxygen atoms in total. The van der Waals surface area contributed by atoms with Crippen molar-refractivity contribution in [1.82, 2.24) is 14.1 Å². The maximum Gasteiger partial charge on any atom is 0.266 e. The molecule has 0 radical (unpaired) electrons. The van der Waals surface area contributed by atoms with Crippen LogP contribution in [0.2, 0.25) is 5.15 Å². The topological polar surface area (TPSA) is 111 Å². The van der Waals surface area contributed by atoms with Crippen LogP contribution in [0, 0.1) is 12.7 Å². The zero-order chi connectivity index (χ0) is 20.7. The molecular weight excluding hydrogens is 435 g/mol. The number of sulfonamides is 2. The summed E-state index contributed by atoms with van der Waals surface area (Å²) in [6, 6.07) is 2.96. The Morgan fingerprint density at radius 2 is 1.86 bits per heavy atom. The number of nitrogens with one attached hydrogen (secondary N) is 1. The van der Waals surface area contributed by atoms with Crippen molar-refractivity contribution in [3.05, 3.63) is 34.9 Å². The lowest BCUT2D eigenvalue weighted by Crippen LogP contribution is -2.40. The van der Waals surface area contributed by atoms with Crippen molar-refractivity contribution < 1.29 is 26.0 Å². The van der Waals surface area contributed by atoms with Crippen molar-refractivity contribution in [3.63, 3.8) is 0 Å². The van der Waals surface area contributed by atoms with Gasteiger partial charge in [0.15, 0.2) is 0 Å². The van der Waals surface area contributed by atoms with E-state index in [0.717, 1.165) is 22.5 Å². The molecular formula is C15H18ClFN4O5S2. The lowest BCUT2D eigenvalue weighted by Gasteiger charge is -2.26. The van der Waals surface area contributed by atoms with Gasteiger partial charge in [0.1, 0.15) is 20.8 Å². The zero-order valence-corrected chi connectivity index (χ0v) is 17.4. The summed E-state index contributed by atoms with van der Waals surface area (Å²) in [5.41, 5.74) is 0.0517. The Labute approximate surface area is 167 Å². The second-order valence-electron chi connectivity index (χ2n) is 6.10. The maximum atomic E-state index is 14.3. The van der Waals surface area contributed by atoms with Crippen LogP contribution in [0.1, 0.15) is 5.69 Å². The van der Waals surface area contributed by atoms with Crippen molar-refractivity contribution in [2.45, 2.75) is 16.7 Å². The Balaban J connectivity index is 1.97. The van der Waals surface area contributed by atoms with Gasteiger partial charge in [-0.25, -0.2) is 21.2 Å². The van der Waals surface area contributed by atoms with Crippen LogP contribution < -0.4 is 4.72 Å². The number of ether oxygens (including phenoxy) is 1. The van der Waals surface area contributed by atoms with Crippen LogP contribution in [-0.2, 0) is 31.8 Å². The fraction of sp³-hybridized carbons (Fsp3) is 0.400. The van der Waals surface area contributed by atoms with E-state index in [0.29, 0.717) is 0 Å². The summed E-state index contributed by atoms with van der Waals surface area (Å²) >= 11 is 6.00. The number of aryl methyl sites for hydroxylation is 2. The highest BCUT2D eigenvalue weighted by Gasteiger charge is 2.30. The molecule has 0 aliphatic carbocycles. The highest BCUT2D eigenvalue weighted by molar-refractivity contribution is 7.93. The van der Waals surface area contributed by atoms with Crippen LogP contribution in [0.25, 0.3) is 0 Å². The number of rotatable bonds is 5. The Morgan fingerprint density at radius 3 is 2.43 bits per heavy atom. The highest BCUT2D eigenvalue weighted by atomic mass is 35.5. The molecule has 154 valence electrons. The van der Waals surface area contributed by atoms with E-state index in [-0.39, 0.29) is 47.7 Å². The number of halogens is 2. The number of aromatic nitrogens is 2. The van der Waals surface area contributed by atoms with E-state index in [9.17, 15) is 21.2 Å². The average molecular weight is 453 g/mol. The molecule has 1 N–H and O–H groups in total. The average Bonchev–Trinajstić information content (AvgIpc) is 2.89. The third kappa shape index (κ3) is 3.87. The van der Waals surface area contributed by atoms with E-state index in [4.69, 9.17) is 16.3 Å². The molecule has 13 heteroatoms. The number of morpholine rings is 1. The smallest absolute Gasteiger partial charge is 0.266 e. The summed E-state index contributed by atoms with van der Waals surface area (Å²) in [5, 5.41) is 3.84. The first kappa shape index (κ1) is 21.0. The molecule has 0 amide bonds. The minimum atomic E-state index is -4.17. The largest absolute Gasteiger partial charge is 0.379 e. The first-order chi connectivity index (χ1) is 13.0. The van der Waals surface area contributed by atoms with Crippen LogP contribution in [0.4, 0.5) is 10.1 Å². The molecule has 2 aromatic rings. The van der Waals surface area contributed by atoms with Crippen LogP contribution in [0.3, 0.4) is 0 Å². The Morgan fingerprint density at radius 1 is 1.21 bits per heavy atom. The monoisotopic (exact) mass is 452 g/mol. The number of benzene rings is 1. The van der Waals surface area contributed by atoms with Gasteiger partial charge in [-0.2, -0.15) is 9.40 Å². The molecule has 0 saturated carbocycles. The van der Waals surface area contributed by atoms with Crippen LogP contribution in [0.15, 0.2) is 28.0 Å². The standard InChI is InChI=1S/C15H18ClFN4O5S2/c1-10-14(15(16)20(2)18-10)27(22,23)19-11-3-4-12(17)13(9-11)28(24,25)21-5-7-26-8-6-21/h3-4,9,19H,5-8H2,1-2H3. The van der Waals surface area contributed by atoms with Gasteiger partial charge in [-0.1, -0.05) is 11.6 Å². The van der Waals surface area contributed by atoms with Gasteiger partial charge in [0.25, 0.3) is 10.0 Å². The van der Waals surface area contributed by atoms with Crippen molar-refractivity contribution in [3.8, 4) is 0 Å². The van der Waals surface area contributed by atoms with E-state index >= 15 is 0 Å². The number of anilines is 1. The molecule has 1 aliphatic heterocycles. The molecule has 3 rings (SSSR count). The van der Waals surface area contributed by atoms with Crippen molar-refractivity contribution in [1.29, 1.82) is 0 Å². The maximum absolute atomic E-state index is 14.3. The van der Waals surface area contributed by atoms with E-state index in [2.05, 4.69) is 9.82 Å². The molecule has 1 aromatic heterocycles. The number of hydrogen-bond donors (Lipinski definition) is 1. The summed E-state index contributed by atoms with van der Waals surface area (Å²) < 4.78 is 74.7. The molecule has 28 heavy (non-hydrogen) atoms. The first-order valence-electron chi connectivity index (χ1n) is 8.13. The minimum absolute atomic E-state index is 0.0855. The molecule has 0 unspecified atom stereocenters. The third-order valence-electron chi connectivity index (χ3n) is 4.14. The molecule has 0 bridgehead atoms. The van der Waals surface area contributed by atoms with Gasteiger partial charge in [0.05, 0.1) is 24.6 Å². The van der Waals surface area contributed by atoms with Gasteiger partial charge >= 0.3 is 0 Å². The Hall–Kier alpha value is -1.73. The summed E-state index contributed by atoms with van der Waals surface area (Å²) in [6.45, 7) is 2.04. The molecule has 2 heterocycles. The van der Waals surface area contributed by atoms with Gasteiger partial charge in [-0.3, -0.25) is 9.40 Å². The van der Waals surface area contributed by atoms with Crippen LogP contribution in [0.5, 0.6) is 0 Å². The molecule has 1 fully saturated rings. The van der Waals surface area contributed by atoms with Crippen molar-refractivity contribution in [2.75, 3.05) is 31.0 Å². The Kier molecular flexibility index (Phi) is 5.69. The first-order valence-corrected chi connectivity index (χ1v) is 11.4. The molecule has 0 spiro atoms. The quantitative estimate of drug-likeness (QED) is 0.733. The molecule has 1 aliphatic rings. The lowest BCUT2D eigenvalue weighted by atomic mass is 10.3. The summed E-state index contributed by atoms with van der Waals surface area (Å²) in [7, 11) is -6.83. The fourth-order valence-corrected chi connectivity index (χ4v) is 6.11. The van der Waals surface area contributed by atoms with Gasteiger partial charge in [-0.15, -0.1) is 0 Å². The summed E-state index contributed by atoms with van der Waals surface area (Å²) in [4.78, 5) is -0.859. The third-order valence-corrected chi connectivity index (χ3v) is 8.13. The Bertz CT molecular complexity index is 1110. The van der Waals surface area contributed by atoms with E-state index in [1.54, 1.807) is 0 Å². The summed E-state index contributed by atoms with van der Waals surface area (Å²) in [5.74, 6) is -0.981. The van der Waals surface area contributed by atoms with Crippen LogP contribution >= 0.6 is 11.6 Å². The lowest BCUT2D eigenvalue weighted by molar-refractivity contribution is 0.0729. The van der Waals surface area contributed by atoms with Gasteiger partial charge in [0, 0.05) is 20.1 Å². The number of nitrogens with zero attached hydrogens (tertiary/aromatic N) is 3. The molecule has 1 aromatic carbocycles. The summed E-state index contributed by atoms with van der Waals surface area (Å²) in [6.07, 6.45) is 0. The van der Waals surface area contributed by atoms with Crippen molar-refractivity contribution in [2.24, 2.45) is 7.05 Å². The highest BCUT2D eigenvalue weighted by Crippen LogP contribution is 2.28. The predicted molar refractivity (Wildman–Crippen MR) is 99.7 cm³/mol. The second-order valence-corrected chi connectivity index (χ2v) is 9.98. The van der Waals surface area contributed by atoms with Crippen LogP contribution in [-0.4, -0.2) is 57.2 Å². The van der Waals surface area contributed by atoms with Gasteiger partial charge < -0.3 is 4.74 Å². The minimum Gasteiger partial charge on any atom is -0.379 e. The fourth-order valence-electron chi connectivity index (χ4n) is 2.81. The van der Waals surface area contributed by atoms with Gasteiger partial charge in [-0.05, 0) is 25.1 Å². The zero-order valence-electron chi connectivity index (χ0n) is 15.0. The normalized spacial score (nSPS) is 16.3. The second kappa shape index (κ2) is 7.59. The van der Waals surface area contributed by atoms with Crippen molar-refractivity contribution >= 4 is 37.3 Å². The van der Waals surface area contributed by atoms with E-state index in [1.165, 1.54) is 18.7 Å². The van der Waals surface area contributed by atoms with E-state index in [1.807, 2.05) is 0 Å².